The summed E-state index contributed by atoms with van der Waals surface area (Å²) in [6, 6.07) is 32.6. The van der Waals surface area contributed by atoms with Crippen LogP contribution in [0, 0.1) is 0 Å². The Bertz CT molecular complexity index is 1480. The fourth-order valence-corrected chi connectivity index (χ4v) is 4.81. The van der Waals surface area contributed by atoms with Crippen LogP contribution in [0.15, 0.2) is 101 Å². The predicted octanol–water partition coefficient (Wildman–Crippen LogP) is 8.27. The zero-order chi connectivity index (χ0) is 27.0. The SMILES string of the molecule is CCCCc1oc2ccccc2c1CNc1cc(-c2ccccc2)c(OCC(=O)OC)c(-c2ccccc2)c1. The van der Waals surface area contributed by atoms with Crippen molar-refractivity contribution in [1.29, 1.82) is 0 Å². The molecule has 0 aliphatic carbocycles. The van der Waals surface area contributed by atoms with Crippen molar-refractivity contribution in [2.75, 3.05) is 19.0 Å². The van der Waals surface area contributed by atoms with E-state index in [1.165, 1.54) is 12.7 Å². The van der Waals surface area contributed by atoms with Gasteiger partial charge in [0.25, 0.3) is 0 Å². The van der Waals surface area contributed by atoms with Gasteiger partial charge < -0.3 is 19.2 Å². The minimum atomic E-state index is -0.429. The second-order valence-electron chi connectivity index (χ2n) is 9.45. The van der Waals surface area contributed by atoms with Crippen LogP contribution in [0.4, 0.5) is 5.69 Å². The van der Waals surface area contributed by atoms with E-state index >= 15 is 0 Å². The van der Waals surface area contributed by atoms with Gasteiger partial charge in [-0.25, -0.2) is 4.79 Å². The molecule has 1 heterocycles. The van der Waals surface area contributed by atoms with Gasteiger partial charge in [-0.3, -0.25) is 0 Å². The van der Waals surface area contributed by atoms with Crippen molar-refractivity contribution in [3.05, 3.63) is 108 Å². The number of unbranched alkanes of at least 4 members (excludes halogenated alkanes) is 1. The second-order valence-corrected chi connectivity index (χ2v) is 9.45. The van der Waals surface area contributed by atoms with Crippen molar-refractivity contribution >= 4 is 22.6 Å². The molecule has 0 amide bonds. The molecule has 1 N–H and O–H groups in total. The molecular weight excluding hydrogens is 486 g/mol. The third-order valence-electron chi connectivity index (χ3n) is 6.83. The number of ether oxygens (including phenoxy) is 2. The van der Waals surface area contributed by atoms with Crippen molar-refractivity contribution < 1.29 is 18.7 Å². The number of carbonyl (C=O) groups is 1. The van der Waals surface area contributed by atoms with E-state index in [9.17, 15) is 4.79 Å². The van der Waals surface area contributed by atoms with Gasteiger partial charge in [-0.2, -0.15) is 0 Å². The molecule has 5 rings (SSSR count). The Morgan fingerprint density at radius 3 is 2.08 bits per heavy atom. The van der Waals surface area contributed by atoms with Crippen molar-refractivity contribution in [3.8, 4) is 28.0 Å². The highest BCUT2D eigenvalue weighted by Crippen LogP contribution is 2.42. The summed E-state index contributed by atoms with van der Waals surface area (Å²) in [5, 5.41) is 4.81. The molecule has 5 aromatic rings. The van der Waals surface area contributed by atoms with Gasteiger partial charge >= 0.3 is 5.97 Å². The number of hydrogen-bond acceptors (Lipinski definition) is 5. The molecule has 198 valence electrons. The van der Waals surface area contributed by atoms with E-state index in [2.05, 4.69) is 36.5 Å². The lowest BCUT2D eigenvalue weighted by molar-refractivity contribution is -0.142. The maximum absolute atomic E-state index is 12.0. The molecule has 5 heteroatoms. The van der Waals surface area contributed by atoms with Crippen LogP contribution in [-0.2, 0) is 22.5 Å². The van der Waals surface area contributed by atoms with E-state index in [0.29, 0.717) is 12.3 Å². The van der Waals surface area contributed by atoms with Gasteiger partial charge in [0, 0.05) is 40.7 Å². The van der Waals surface area contributed by atoms with Gasteiger partial charge in [-0.05, 0) is 35.7 Å². The smallest absolute Gasteiger partial charge is 0.343 e. The number of nitrogens with one attached hydrogen (secondary N) is 1. The number of hydrogen-bond donors (Lipinski definition) is 1. The van der Waals surface area contributed by atoms with Gasteiger partial charge in [0.05, 0.1) is 7.11 Å². The highest BCUT2D eigenvalue weighted by atomic mass is 16.6. The molecule has 0 aliphatic heterocycles. The first-order valence-corrected chi connectivity index (χ1v) is 13.4. The molecule has 0 radical (unpaired) electrons. The summed E-state index contributed by atoms with van der Waals surface area (Å²) in [4.78, 5) is 12.0. The fourth-order valence-electron chi connectivity index (χ4n) is 4.81. The highest BCUT2D eigenvalue weighted by molar-refractivity contribution is 5.87. The summed E-state index contributed by atoms with van der Waals surface area (Å²) in [7, 11) is 1.36. The first-order chi connectivity index (χ1) is 19.2. The molecule has 1 aromatic heterocycles. The summed E-state index contributed by atoms with van der Waals surface area (Å²) < 4.78 is 17.3. The standard InChI is InChI=1S/C34H33NO4/c1-3-4-18-32-30(27-17-11-12-19-31(27)39-32)22-35-26-20-28(24-13-7-5-8-14-24)34(38-23-33(36)37-2)29(21-26)25-15-9-6-10-16-25/h5-17,19-21,35H,3-4,18,22-23H2,1-2H3. The van der Waals surface area contributed by atoms with Gasteiger partial charge in [-0.1, -0.05) is 92.2 Å². The summed E-state index contributed by atoms with van der Waals surface area (Å²) in [6.45, 7) is 2.65. The molecule has 5 nitrogen and oxygen atoms in total. The first-order valence-electron chi connectivity index (χ1n) is 13.4. The largest absolute Gasteiger partial charge is 0.481 e. The molecule has 39 heavy (non-hydrogen) atoms. The Hall–Kier alpha value is -4.51. The lowest BCUT2D eigenvalue weighted by atomic mass is 9.96. The van der Waals surface area contributed by atoms with E-state index in [0.717, 1.165) is 63.9 Å². The maximum Gasteiger partial charge on any atom is 0.343 e. The van der Waals surface area contributed by atoms with Gasteiger partial charge in [0.1, 0.15) is 17.1 Å². The Labute approximate surface area is 229 Å². The lowest BCUT2D eigenvalue weighted by Crippen LogP contribution is -2.13. The van der Waals surface area contributed by atoms with E-state index in [1.807, 2.05) is 72.8 Å². The van der Waals surface area contributed by atoms with Gasteiger partial charge in [0.15, 0.2) is 6.61 Å². The third-order valence-corrected chi connectivity index (χ3v) is 6.83. The Kier molecular flexibility index (Phi) is 8.27. The van der Waals surface area contributed by atoms with Gasteiger partial charge in [-0.15, -0.1) is 0 Å². The summed E-state index contributed by atoms with van der Waals surface area (Å²) >= 11 is 0. The van der Waals surface area contributed by atoms with Crippen LogP contribution in [-0.4, -0.2) is 19.7 Å². The number of rotatable bonds is 11. The number of carbonyl (C=O) groups excluding carboxylic acids is 1. The maximum atomic E-state index is 12.0. The number of aryl methyl sites for hydroxylation is 1. The number of furan rings is 1. The minimum absolute atomic E-state index is 0.176. The molecular formula is C34H33NO4. The minimum Gasteiger partial charge on any atom is -0.481 e. The predicted molar refractivity (Wildman–Crippen MR) is 157 cm³/mol. The summed E-state index contributed by atoms with van der Waals surface area (Å²) in [5.74, 6) is 1.25. The molecule has 0 aliphatic rings. The van der Waals surface area contributed by atoms with Crippen LogP contribution in [0.2, 0.25) is 0 Å². The number of anilines is 1. The highest BCUT2D eigenvalue weighted by Gasteiger charge is 2.19. The van der Waals surface area contributed by atoms with Crippen molar-refractivity contribution in [2.24, 2.45) is 0 Å². The zero-order valence-corrected chi connectivity index (χ0v) is 22.4. The van der Waals surface area contributed by atoms with E-state index in [1.54, 1.807) is 0 Å². The van der Waals surface area contributed by atoms with Crippen molar-refractivity contribution in [1.82, 2.24) is 0 Å². The van der Waals surface area contributed by atoms with Crippen LogP contribution in [0.5, 0.6) is 5.75 Å². The van der Waals surface area contributed by atoms with E-state index < -0.39 is 5.97 Å². The van der Waals surface area contributed by atoms with Gasteiger partial charge in [0.2, 0.25) is 0 Å². The summed E-state index contributed by atoms with van der Waals surface area (Å²) in [6.07, 6.45) is 3.10. The third kappa shape index (κ3) is 5.99. The number of benzene rings is 4. The molecule has 0 saturated heterocycles. The average Bonchev–Trinajstić information content (AvgIpc) is 3.35. The van der Waals surface area contributed by atoms with Crippen LogP contribution in [0.1, 0.15) is 31.1 Å². The molecule has 0 atom stereocenters. The second kappa shape index (κ2) is 12.4. The molecule has 0 fully saturated rings. The molecule has 0 unspecified atom stereocenters. The Balaban J connectivity index is 1.58. The normalized spacial score (nSPS) is 10.9. The lowest BCUT2D eigenvalue weighted by Gasteiger charge is -2.19. The Morgan fingerprint density at radius 1 is 0.846 bits per heavy atom. The van der Waals surface area contributed by atoms with Crippen LogP contribution in [0.25, 0.3) is 33.2 Å². The van der Waals surface area contributed by atoms with Crippen LogP contribution < -0.4 is 10.1 Å². The van der Waals surface area contributed by atoms with Crippen LogP contribution >= 0.6 is 0 Å². The van der Waals surface area contributed by atoms with Crippen molar-refractivity contribution in [2.45, 2.75) is 32.7 Å². The monoisotopic (exact) mass is 519 g/mol. The van der Waals surface area contributed by atoms with Crippen molar-refractivity contribution in [3.63, 3.8) is 0 Å². The number of esters is 1. The molecule has 0 spiro atoms. The topological polar surface area (TPSA) is 60.7 Å². The molecule has 0 saturated carbocycles. The van der Waals surface area contributed by atoms with E-state index in [4.69, 9.17) is 13.9 Å². The number of methoxy groups -OCH3 is 1. The number of para-hydroxylation sites is 1. The fraction of sp³-hybridized carbons (Fsp3) is 0.206. The average molecular weight is 520 g/mol. The molecule has 0 bridgehead atoms. The Morgan fingerprint density at radius 2 is 1.46 bits per heavy atom. The zero-order valence-electron chi connectivity index (χ0n) is 22.4. The summed E-state index contributed by atoms with van der Waals surface area (Å²) in [5.41, 5.74) is 6.84. The number of fused-ring (bicyclic) bond motifs is 1. The van der Waals surface area contributed by atoms with Crippen LogP contribution in [0.3, 0.4) is 0 Å². The van der Waals surface area contributed by atoms with E-state index in [-0.39, 0.29) is 6.61 Å². The quantitative estimate of drug-likeness (QED) is 0.178. The first kappa shape index (κ1) is 26.1. The molecule has 4 aromatic carbocycles.